The molecule has 0 radical (unpaired) electrons. The summed E-state index contributed by atoms with van der Waals surface area (Å²) >= 11 is 0. The number of likely N-dealkylation sites (N-methyl/N-ethyl adjacent to an activating group) is 1. The van der Waals surface area contributed by atoms with Crippen LogP contribution in [0.5, 0.6) is 0 Å². The van der Waals surface area contributed by atoms with E-state index in [0.29, 0.717) is 69.4 Å². The minimum absolute atomic E-state index is 0.197. The Hall–Kier alpha value is -1.73. The van der Waals surface area contributed by atoms with E-state index < -0.39 is 14.8 Å². The number of carbonyl (C=O) groups is 3. The van der Waals surface area contributed by atoms with Gasteiger partial charge in [0, 0.05) is 45.4 Å². The van der Waals surface area contributed by atoms with Gasteiger partial charge < -0.3 is 38.4 Å². The summed E-state index contributed by atoms with van der Waals surface area (Å²) in [7, 11) is 1.22. The van der Waals surface area contributed by atoms with Crippen LogP contribution in [0.3, 0.4) is 0 Å². The number of hydrogen-bond donors (Lipinski definition) is 3. The van der Waals surface area contributed by atoms with Gasteiger partial charge in [0.25, 0.3) is 5.91 Å². The van der Waals surface area contributed by atoms with Crippen LogP contribution in [0, 0.1) is 0 Å². The Bertz CT molecular complexity index is 802. The van der Waals surface area contributed by atoms with Crippen molar-refractivity contribution in [3.8, 4) is 0 Å². The first kappa shape index (κ1) is 46.3. The van der Waals surface area contributed by atoms with Crippen molar-refractivity contribution in [2.75, 3.05) is 66.7 Å². The summed E-state index contributed by atoms with van der Waals surface area (Å²) in [6.07, 6.45) is 19.4. The van der Waals surface area contributed by atoms with E-state index in [-0.39, 0.29) is 24.5 Å². The van der Waals surface area contributed by atoms with Crippen molar-refractivity contribution in [3.05, 3.63) is 0 Å². The number of nitrogens with zero attached hydrogens (tertiary/aromatic N) is 1. The number of hydrogen-bond acceptors (Lipinski definition) is 7. The molecule has 0 aromatic heterocycles. The first-order chi connectivity index (χ1) is 23.0. The third-order valence-corrected chi connectivity index (χ3v) is 11.5. The lowest BCUT2D eigenvalue weighted by Gasteiger charge is -2.29. The maximum Gasteiger partial charge on any atom is 0.500 e. The molecule has 0 bridgehead atoms. The number of ether oxygens (including phenoxy) is 1. The fraction of sp³-hybridized carbons (Fsp3) is 0.917. The van der Waals surface area contributed by atoms with Crippen LogP contribution >= 0.6 is 0 Å². The number of unbranched alkanes of at least 4 members (excludes halogenated alkanes) is 13. The van der Waals surface area contributed by atoms with Crippen LogP contribution in [0.4, 0.5) is 4.79 Å². The molecule has 3 N–H and O–H groups in total. The zero-order valence-electron chi connectivity index (χ0n) is 32.1. The standard InChI is InChI=1S/C36H74N4O7Si/c1-8-12-13-14-15-16-17-18-19-20-21-22-23-24-30-44-35(42)33(5)39-34(41)32-40(6,7)29-25-27-37-36(43)38-28-26-31-48(45-9-2,46-10-3)47-11-4/h33H,8-32H2,1-7H3,(H2-,37,38,39,41,43)/p+1/t33-/m0/s1. The average Bonchev–Trinajstić information content (AvgIpc) is 3.03. The fourth-order valence-corrected chi connectivity index (χ4v) is 8.30. The normalized spacial score (nSPS) is 12.5. The number of carbonyl (C=O) groups excluding carboxylic acids is 3. The minimum atomic E-state index is -2.70. The fourth-order valence-electron chi connectivity index (χ4n) is 5.69. The highest BCUT2D eigenvalue weighted by Gasteiger charge is 2.39. The zero-order chi connectivity index (χ0) is 35.9. The van der Waals surface area contributed by atoms with E-state index in [9.17, 15) is 14.4 Å². The van der Waals surface area contributed by atoms with Gasteiger partial charge in [0.1, 0.15) is 6.04 Å². The zero-order valence-corrected chi connectivity index (χ0v) is 33.1. The average molecular weight is 704 g/mol. The smallest absolute Gasteiger partial charge is 0.464 e. The summed E-state index contributed by atoms with van der Waals surface area (Å²) in [4.78, 5) is 37.2. The van der Waals surface area contributed by atoms with Gasteiger partial charge in [-0.05, 0) is 40.5 Å². The molecule has 0 saturated carbocycles. The van der Waals surface area contributed by atoms with Gasteiger partial charge in [-0.25, -0.2) is 9.59 Å². The SMILES string of the molecule is CCCCCCCCCCCCCCCCOC(=O)[C@H](C)NC(=O)C[N+](C)(C)CCCNC(=O)NCCC[Si](OCC)(OCC)OCC. The second kappa shape index (κ2) is 30.1. The minimum Gasteiger partial charge on any atom is -0.464 e. The molecular weight excluding hydrogens is 629 g/mol. The van der Waals surface area contributed by atoms with Crippen molar-refractivity contribution in [1.29, 1.82) is 0 Å². The molecule has 0 aliphatic carbocycles. The molecule has 0 aromatic rings. The molecule has 0 aliphatic heterocycles. The van der Waals surface area contributed by atoms with Crippen molar-refractivity contribution >= 4 is 26.7 Å². The van der Waals surface area contributed by atoms with Gasteiger partial charge in [0.2, 0.25) is 0 Å². The maximum atomic E-state index is 12.6. The number of esters is 1. The van der Waals surface area contributed by atoms with Crippen LogP contribution in [0.2, 0.25) is 6.04 Å². The van der Waals surface area contributed by atoms with E-state index in [1.165, 1.54) is 77.0 Å². The van der Waals surface area contributed by atoms with E-state index in [1.807, 2.05) is 34.9 Å². The summed E-state index contributed by atoms with van der Waals surface area (Å²) < 4.78 is 23.4. The third kappa shape index (κ3) is 26.2. The molecule has 0 fully saturated rings. The van der Waals surface area contributed by atoms with Gasteiger partial charge in [-0.3, -0.25) is 4.79 Å². The monoisotopic (exact) mass is 704 g/mol. The van der Waals surface area contributed by atoms with Crippen LogP contribution in [0.1, 0.15) is 137 Å². The second-order valence-electron chi connectivity index (χ2n) is 13.5. The summed E-state index contributed by atoms with van der Waals surface area (Å²) in [5.41, 5.74) is 0. The molecule has 0 spiro atoms. The first-order valence-electron chi connectivity index (χ1n) is 19.3. The molecule has 0 saturated heterocycles. The van der Waals surface area contributed by atoms with Gasteiger partial charge in [-0.1, -0.05) is 90.4 Å². The Balaban J connectivity index is 3.97. The third-order valence-electron chi connectivity index (χ3n) is 8.31. The van der Waals surface area contributed by atoms with E-state index in [0.717, 1.165) is 12.8 Å². The molecule has 12 heteroatoms. The van der Waals surface area contributed by atoms with Gasteiger partial charge in [-0.2, -0.15) is 0 Å². The Morgan fingerprint density at radius 1 is 0.646 bits per heavy atom. The molecule has 0 heterocycles. The summed E-state index contributed by atoms with van der Waals surface area (Å²) in [5.74, 6) is -0.585. The van der Waals surface area contributed by atoms with Gasteiger partial charge in [-0.15, -0.1) is 0 Å². The van der Waals surface area contributed by atoms with Crippen molar-refractivity contribution in [2.24, 2.45) is 0 Å². The van der Waals surface area contributed by atoms with E-state index >= 15 is 0 Å². The summed E-state index contributed by atoms with van der Waals surface area (Å²) in [5, 5.41) is 8.53. The molecule has 0 rings (SSSR count). The lowest BCUT2D eigenvalue weighted by Crippen LogP contribution is -2.51. The van der Waals surface area contributed by atoms with E-state index in [1.54, 1.807) is 6.92 Å². The molecule has 1 atom stereocenters. The van der Waals surface area contributed by atoms with Crippen LogP contribution in [0.15, 0.2) is 0 Å². The topological polar surface area (TPSA) is 124 Å². The number of urea groups is 1. The molecule has 11 nitrogen and oxygen atoms in total. The summed E-state index contributed by atoms with van der Waals surface area (Å²) in [6, 6.07) is -0.263. The van der Waals surface area contributed by atoms with Crippen molar-refractivity contribution in [1.82, 2.24) is 16.0 Å². The lowest BCUT2D eigenvalue weighted by atomic mass is 10.0. The lowest BCUT2D eigenvalue weighted by molar-refractivity contribution is -0.882. The Labute approximate surface area is 295 Å². The Morgan fingerprint density at radius 2 is 1.10 bits per heavy atom. The van der Waals surface area contributed by atoms with Crippen LogP contribution in [0.25, 0.3) is 0 Å². The Morgan fingerprint density at radius 3 is 1.58 bits per heavy atom. The first-order valence-corrected chi connectivity index (χ1v) is 21.2. The Kier molecular flexibility index (Phi) is 29.0. The molecule has 48 heavy (non-hydrogen) atoms. The number of amides is 3. The highest BCUT2D eigenvalue weighted by Crippen LogP contribution is 2.18. The van der Waals surface area contributed by atoms with E-state index in [2.05, 4.69) is 22.9 Å². The molecule has 284 valence electrons. The van der Waals surface area contributed by atoms with Crippen molar-refractivity contribution in [3.63, 3.8) is 0 Å². The highest BCUT2D eigenvalue weighted by atomic mass is 28.4. The van der Waals surface area contributed by atoms with Gasteiger partial charge in [0.05, 0.1) is 27.2 Å². The predicted molar refractivity (Wildman–Crippen MR) is 197 cm³/mol. The van der Waals surface area contributed by atoms with Crippen molar-refractivity contribution in [2.45, 2.75) is 149 Å². The van der Waals surface area contributed by atoms with Crippen LogP contribution in [-0.2, 0) is 27.6 Å². The molecular formula is C36H75N4O7Si+. The number of quaternary nitrogens is 1. The van der Waals surface area contributed by atoms with Crippen LogP contribution < -0.4 is 16.0 Å². The van der Waals surface area contributed by atoms with E-state index in [4.69, 9.17) is 18.0 Å². The summed E-state index contributed by atoms with van der Waals surface area (Å²) in [6.45, 7) is 13.6. The molecule has 3 amide bonds. The van der Waals surface area contributed by atoms with Gasteiger partial charge in [0.15, 0.2) is 6.54 Å². The maximum absolute atomic E-state index is 12.6. The van der Waals surface area contributed by atoms with Crippen molar-refractivity contribution < 1.29 is 36.9 Å². The van der Waals surface area contributed by atoms with Gasteiger partial charge >= 0.3 is 20.8 Å². The number of nitrogens with one attached hydrogen (secondary N) is 3. The quantitative estimate of drug-likeness (QED) is 0.0300. The predicted octanol–water partition coefficient (Wildman–Crippen LogP) is 6.72. The molecule has 0 aliphatic rings. The van der Waals surface area contributed by atoms with Crippen LogP contribution in [-0.4, -0.2) is 104 Å². The molecule has 0 aromatic carbocycles. The largest absolute Gasteiger partial charge is 0.500 e. The number of rotatable bonds is 33. The molecule has 0 unspecified atom stereocenters. The highest BCUT2D eigenvalue weighted by molar-refractivity contribution is 6.60. The second-order valence-corrected chi connectivity index (χ2v) is 16.2.